The molecule has 1 aliphatic heterocycles. The lowest BCUT2D eigenvalue weighted by molar-refractivity contribution is -0.115. The van der Waals surface area contributed by atoms with Gasteiger partial charge in [0.05, 0.1) is 22.1 Å². The predicted molar refractivity (Wildman–Crippen MR) is 107 cm³/mol. The predicted octanol–water partition coefficient (Wildman–Crippen LogP) is 3.59. The second-order valence-corrected chi connectivity index (χ2v) is 7.26. The van der Waals surface area contributed by atoms with E-state index in [1.165, 1.54) is 11.8 Å². The average molecular weight is 387 g/mol. The van der Waals surface area contributed by atoms with E-state index >= 15 is 0 Å². The van der Waals surface area contributed by atoms with Gasteiger partial charge in [-0.3, -0.25) is 9.78 Å². The summed E-state index contributed by atoms with van der Waals surface area (Å²) >= 11 is 6.18. The van der Waals surface area contributed by atoms with Gasteiger partial charge in [0.15, 0.2) is 5.58 Å². The number of fused-ring (bicyclic) bond motifs is 1. The van der Waals surface area contributed by atoms with E-state index in [1.807, 2.05) is 0 Å². The highest BCUT2D eigenvalue weighted by Crippen LogP contribution is 2.29. The molecule has 2 aromatic heterocycles. The van der Waals surface area contributed by atoms with Gasteiger partial charge in [-0.05, 0) is 30.3 Å². The summed E-state index contributed by atoms with van der Waals surface area (Å²) in [6.07, 6.45) is 4.96. The lowest BCUT2D eigenvalue weighted by atomic mass is 10.1. The summed E-state index contributed by atoms with van der Waals surface area (Å²) in [7, 11) is 0. The van der Waals surface area contributed by atoms with Gasteiger partial charge in [-0.25, -0.2) is 0 Å². The average Bonchev–Trinajstić information content (AvgIpc) is 3.22. The van der Waals surface area contributed by atoms with Crippen LogP contribution in [-0.2, 0) is 4.79 Å². The molecule has 1 aromatic carbocycles. The van der Waals surface area contributed by atoms with E-state index in [4.69, 9.17) is 21.9 Å². The Balaban J connectivity index is 1.69. The number of benzene rings is 1. The normalized spacial score (nSPS) is 14.7. The van der Waals surface area contributed by atoms with Gasteiger partial charge in [-0.2, -0.15) is 5.26 Å². The molecule has 0 atom stereocenters. The van der Waals surface area contributed by atoms with Crippen molar-refractivity contribution in [3.05, 3.63) is 70.1 Å². The summed E-state index contributed by atoms with van der Waals surface area (Å²) < 4.78 is 6.30. The largest absolute Gasteiger partial charge is 0.455 e. The SMILES string of the molecule is N#Cc1ccc(C#Cc2cncc3cc(/C=C4/SC(=S)NC4=O)oc23)cc1. The molecule has 0 radical (unpaired) electrons. The lowest BCUT2D eigenvalue weighted by Gasteiger charge is -1.93. The van der Waals surface area contributed by atoms with E-state index in [2.05, 4.69) is 28.2 Å². The fraction of sp³-hybridized carbons (Fsp3) is 0. The van der Waals surface area contributed by atoms with Gasteiger partial charge in [0.25, 0.3) is 5.91 Å². The monoisotopic (exact) mass is 387 g/mol. The Morgan fingerprint density at radius 2 is 1.96 bits per heavy atom. The first-order valence-electron chi connectivity index (χ1n) is 7.77. The number of carbonyl (C=O) groups is 1. The molecule has 4 rings (SSSR count). The molecule has 5 nitrogen and oxygen atoms in total. The van der Waals surface area contributed by atoms with Crippen molar-refractivity contribution in [2.75, 3.05) is 0 Å². The Bertz CT molecular complexity index is 1220. The van der Waals surface area contributed by atoms with Crippen LogP contribution in [-0.4, -0.2) is 15.2 Å². The number of nitrogens with one attached hydrogen (secondary N) is 1. The first kappa shape index (κ1) is 17.0. The van der Waals surface area contributed by atoms with E-state index in [0.717, 1.165) is 10.9 Å². The summed E-state index contributed by atoms with van der Waals surface area (Å²) in [6, 6.07) is 10.9. The molecule has 0 bridgehead atoms. The fourth-order valence-electron chi connectivity index (χ4n) is 2.46. The number of carbonyl (C=O) groups excluding carboxylic acids is 1. The summed E-state index contributed by atoms with van der Waals surface area (Å²) in [5.41, 5.74) is 2.61. The van der Waals surface area contributed by atoms with Crippen LogP contribution in [0.4, 0.5) is 0 Å². The van der Waals surface area contributed by atoms with Crippen LogP contribution in [0.2, 0.25) is 0 Å². The highest BCUT2D eigenvalue weighted by molar-refractivity contribution is 8.26. The third-order valence-electron chi connectivity index (χ3n) is 3.71. The van der Waals surface area contributed by atoms with Crippen molar-refractivity contribution in [2.45, 2.75) is 0 Å². The molecule has 3 heterocycles. The van der Waals surface area contributed by atoms with E-state index < -0.39 is 0 Å². The van der Waals surface area contributed by atoms with Crippen LogP contribution in [0, 0.1) is 23.2 Å². The number of furan rings is 1. The quantitative estimate of drug-likeness (QED) is 0.391. The molecule has 0 unspecified atom stereocenters. The Morgan fingerprint density at radius 3 is 2.67 bits per heavy atom. The molecule has 0 spiro atoms. The van der Waals surface area contributed by atoms with Crippen molar-refractivity contribution in [3.8, 4) is 17.9 Å². The summed E-state index contributed by atoms with van der Waals surface area (Å²) in [5, 5.41) is 12.2. The van der Waals surface area contributed by atoms with Crippen molar-refractivity contribution >= 4 is 51.3 Å². The number of nitriles is 1. The summed E-state index contributed by atoms with van der Waals surface area (Å²) in [5.74, 6) is 6.39. The Kier molecular flexibility index (Phi) is 4.47. The number of hydrogen-bond donors (Lipinski definition) is 1. The molecule has 1 N–H and O–H groups in total. The number of nitrogens with zero attached hydrogens (tertiary/aromatic N) is 2. The second kappa shape index (κ2) is 7.08. The van der Waals surface area contributed by atoms with E-state index in [0.29, 0.717) is 31.7 Å². The highest BCUT2D eigenvalue weighted by Gasteiger charge is 2.22. The number of aromatic nitrogens is 1. The molecule has 1 amide bonds. The van der Waals surface area contributed by atoms with Crippen LogP contribution in [0.1, 0.15) is 22.5 Å². The van der Waals surface area contributed by atoms with Gasteiger partial charge in [0, 0.05) is 29.4 Å². The number of hydrogen-bond acceptors (Lipinski definition) is 6. The molecule has 0 saturated carbocycles. The van der Waals surface area contributed by atoms with Crippen molar-refractivity contribution in [2.24, 2.45) is 0 Å². The Morgan fingerprint density at radius 1 is 1.19 bits per heavy atom. The number of amides is 1. The molecule has 128 valence electrons. The van der Waals surface area contributed by atoms with Crippen molar-refractivity contribution < 1.29 is 9.21 Å². The zero-order valence-electron chi connectivity index (χ0n) is 13.6. The molecule has 1 saturated heterocycles. The molecule has 7 heteroatoms. The lowest BCUT2D eigenvalue weighted by Crippen LogP contribution is -2.17. The van der Waals surface area contributed by atoms with Crippen LogP contribution >= 0.6 is 24.0 Å². The first-order valence-corrected chi connectivity index (χ1v) is 8.99. The van der Waals surface area contributed by atoms with Crippen molar-refractivity contribution in [3.63, 3.8) is 0 Å². The van der Waals surface area contributed by atoms with Crippen molar-refractivity contribution in [1.82, 2.24) is 10.3 Å². The van der Waals surface area contributed by atoms with Gasteiger partial charge < -0.3 is 9.73 Å². The van der Waals surface area contributed by atoms with E-state index in [-0.39, 0.29) is 5.91 Å². The maximum Gasteiger partial charge on any atom is 0.263 e. The minimum absolute atomic E-state index is 0.232. The molecular weight excluding hydrogens is 378 g/mol. The van der Waals surface area contributed by atoms with Gasteiger partial charge in [0.1, 0.15) is 10.1 Å². The van der Waals surface area contributed by atoms with Gasteiger partial charge in [0.2, 0.25) is 0 Å². The van der Waals surface area contributed by atoms with Crippen LogP contribution in [0.3, 0.4) is 0 Å². The number of thioether (sulfide) groups is 1. The molecule has 1 fully saturated rings. The summed E-state index contributed by atoms with van der Waals surface area (Å²) in [6.45, 7) is 0. The summed E-state index contributed by atoms with van der Waals surface area (Å²) in [4.78, 5) is 16.5. The van der Waals surface area contributed by atoms with Crippen LogP contribution in [0.15, 0.2) is 52.0 Å². The van der Waals surface area contributed by atoms with E-state index in [9.17, 15) is 4.79 Å². The van der Waals surface area contributed by atoms with Crippen molar-refractivity contribution in [1.29, 1.82) is 5.26 Å². The second-order valence-electron chi connectivity index (χ2n) is 5.55. The number of pyridine rings is 1. The highest BCUT2D eigenvalue weighted by atomic mass is 32.2. The Hall–Kier alpha value is -3.39. The standard InChI is InChI=1S/C20H9N3O2S2/c21-9-13-3-1-12(2-4-13)5-6-14-10-22-11-15-7-16(25-18(14)15)8-17-19(24)23-20(26)27-17/h1-4,7-8,10-11H,(H,23,24,26)/b17-8+. The van der Waals surface area contributed by atoms with Gasteiger partial charge >= 0.3 is 0 Å². The third kappa shape index (κ3) is 3.61. The smallest absolute Gasteiger partial charge is 0.263 e. The third-order valence-corrected chi connectivity index (χ3v) is 4.88. The van der Waals surface area contributed by atoms with Crippen LogP contribution in [0.25, 0.3) is 17.0 Å². The maximum atomic E-state index is 11.8. The zero-order valence-corrected chi connectivity index (χ0v) is 15.3. The topological polar surface area (TPSA) is 78.9 Å². The fourth-order valence-corrected chi connectivity index (χ4v) is 3.48. The minimum Gasteiger partial charge on any atom is -0.455 e. The molecule has 27 heavy (non-hydrogen) atoms. The maximum absolute atomic E-state index is 11.8. The Labute approximate surface area is 164 Å². The van der Waals surface area contributed by atoms with Crippen LogP contribution in [0.5, 0.6) is 0 Å². The molecule has 0 aliphatic carbocycles. The van der Waals surface area contributed by atoms with Gasteiger partial charge in [-0.15, -0.1) is 0 Å². The minimum atomic E-state index is -0.232. The van der Waals surface area contributed by atoms with Gasteiger partial charge in [-0.1, -0.05) is 35.8 Å². The molecule has 3 aromatic rings. The number of thiocarbonyl (C=S) groups is 1. The van der Waals surface area contributed by atoms with E-state index in [1.54, 1.807) is 48.8 Å². The number of rotatable bonds is 1. The van der Waals surface area contributed by atoms with Crippen LogP contribution < -0.4 is 5.32 Å². The first-order chi connectivity index (χ1) is 13.1. The molecule has 1 aliphatic rings. The molecular formula is C20H9N3O2S2. The zero-order chi connectivity index (χ0) is 18.8.